The summed E-state index contributed by atoms with van der Waals surface area (Å²) in [5.41, 5.74) is 4.03. The summed E-state index contributed by atoms with van der Waals surface area (Å²) in [5, 5.41) is 10.1. The van der Waals surface area contributed by atoms with E-state index in [1.165, 1.54) is 10.9 Å². The van der Waals surface area contributed by atoms with Crippen LogP contribution in [0.4, 0.5) is 0 Å². The summed E-state index contributed by atoms with van der Waals surface area (Å²) in [6, 6.07) is 9.68. The molecule has 1 unspecified atom stereocenters. The highest BCUT2D eigenvalue weighted by Crippen LogP contribution is 2.36. The molecule has 1 atom stereocenters. The Hall–Kier alpha value is -2.27. The Morgan fingerprint density at radius 1 is 1.31 bits per heavy atom. The van der Waals surface area contributed by atoms with Gasteiger partial charge < -0.3 is 14.8 Å². The standard InChI is InChI=1S/C21H22BrNO3/c1-4-12(2)17-11-23-19-6-5-15(10-16(17)19)26-21-13(3)7-14(8-18(21)22)9-20(24)25/h5-8,10-12,23H,4,9H2,1-3H3,(H,24,25). The average Bonchev–Trinajstić information content (AvgIpc) is 3.00. The smallest absolute Gasteiger partial charge is 0.307 e. The number of hydrogen-bond donors (Lipinski definition) is 2. The molecule has 4 nitrogen and oxygen atoms in total. The number of nitrogens with one attached hydrogen (secondary N) is 1. The molecule has 0 amide bonds. The number of aromatic nitrogens is 1. The summed E-state index contributed by atoms with van der Waals surface area (Å²) in [7, 11) is 0. The SMILES string of the molecule is CCC(C)c1c[nH]c2ccc(Oc3c(C)cc(CC(=O)O)cc3Br)cc12. The van der Waals surface area contributed by atoms with Crippen molar-refractivity contribution in [1.82, 2.24) is 4.98 Å². The molecule has 0 radical (unpaired) electrons. The van der Waals surface area contributed by atoms with Crippen LogP contribution in [-0.2, 0) is 11.2 Å². The lowest BCUT2D eigenvalue weighted by Gasteiger charge is -2.13. The molecule has 2 N–H and O–H groups in total. The van der Waals surface area contributed by atoms with Crippen molar-refractivity contribution in [2.75, 3.05) is 0 Å². The number of fused-ring (bicyclic) bond motifs is 1. The van der Waals surface area contributed by atoms with E-state index in [4.69, 9.17) is 9.84 Å². The van der Waals surface area contributed by atoms with Gasteiger partial charge in [0, 0.05) is 17.1 Å². The van der Waals surface area contributed by atoms with Gasteiger partial charge in [-0.15, -0.1) is 0 Å². The fourth-order valence-electron chi connectivity index (χ4n) is 3.14. The first-order chi connectivity index (χ1) is 12.4. The van der Waals surface area contributed by atoms with Crippen LogP contribution in [0.3, 0.4) is 0 Å². The van der Waals surface area contributed by atoms with Crippen LogP contribution < -0.4 is 4.74 Å². The molecular weight excluding hydrogens is 394 g/mol. The average molecular weight is 416 g/mol. The van der Waals surface area contributed by atoms with Gasteiger partial charge in [-0.05, 0) is 76.1 Å². The number of halogens is 1. The maximum Gasteiger partial charge on any atom is 0.307 e. The Kier molecular flexibility index (Phi) is 5.37. The molecule has 0 aliphatic rings. The molecule has 26 heavy (non-hydrogen) atoms. The van der Waals surface area contributed by atoms with Crippen molar-refractivity contribution in [3.63, 3.8) is 0 Å². The van der Waals surface area contributed by atoms with Gasteiger partial charge in [0.2, 0.25) is 0 Å². The van der Waals surface area contributed by atoms with Crippen molar-refractivity contribution in [2.24, 2.45) is 0 Å². The molecule has 1 aromatic heterocycles. The first-order valence-corrected chi connectivity index (χ1v) is 9.48. The van der Waals surface area contributed by atoms with Crippen molar-refractivity contribution in [2.45, 2.75) is 39.5 Å². The number of benzene rings is 2. The number of hydrogen-bond acceptors (Lipinski definition) is 2. The molecule has 0 aliphatic carbocycles. The number of rotatable bonds is 6. The van der Waals surface area contributed by atoms with E-state index in [0.29, 0.717) is 11.7 Å². The number of carboxylic acids is 1. The molecule has 0 saturated heterocycles. The van der Waals surface area contributed by atoms with Crippen LogP contribution in [-0.4, -0.2) is 16.1 Å². The number of carboxylic acid groups (broad SMARTS) is 1. The largest absolute Gasteiger partial charge is 0.481 e. The van der Waals surface area contributed by atoms with Crippen LogP contribution in [0.1, 0.15) is 42.9 Å². The summed E-state index contributed by atoms with van der Waals surface area (Å²) in [5.74, 6) is 1.10. The number of carbonyl (C=O) groups is 1. The quantitative estimate of drug-likeness (QED) is 0.505. The molecule has 0 fully saturated rings. The minimum atomic E-state index is -0.847. The van der Waals surface area contributed by atoms with Crippen LogP contribution >= 0.6 is 15.9 Å². The lowest BCUT2D eigenvalue weighted by atomic mass is 9.98. The van der Waals surface area contributed by atoms with Gasteiger partial charge in [0.1, 0.15) is 11.5 Å². The number of aliphatic carboxylic acids is 1. The fraction of sp³-hybridized carbons (Fsp3) is 0.286. The van der Waals surface area contributed by atoms with Gasteiger partial charge in [0.25, 0.3) is 0 Å². The molecule has 136 valence electrons. The topological polar surface area (TPSA) is 62.3 Å². The minimum absolute atomic E-state index is 0.00665. The van der Waals surface area contributed by atoms with Crippen LogP contribution in [0.25, 0.3) is 10.9 Å². The predicted octanol–water partition coefficient (Wildman–Crippen LogP) is 6.17. The van der Waals surface area contributed by atoms with Crippen LogP contribution in [0.15, 0.2) is 41.0 Å². The van der Waals surface area contributed by atoms with E-state index < -0.39 is 5.97 Å². The first kappa shape index (κ1) is 18.5. The molecule has 0 aliphatic heterocycles. The second kappa shape index (κ2) is 7.54. The fourth-order valence-corrected chi connectivity index (χ4v) is 3.83. The van der Waals surface area contributed by atoms with Crippen molar-refractivity contribution >= 4 is 32.8 Å². The number of aryl methyl sites for hydroxylation is 1. The normalized spacial score (nSPS) is 12.3. The first-order valence-electron chi connectivity index (χ1n) is 8.68. The lowest BCUT2D eigenvalue weighted by Crippen LogP contribution is -2.01. The zero-order valence-electron chi connectivity index (χ0n) is 15.1. The second-order valence-electron chi connectivity index (χ2n) is 6.66. The Labute approximate surface area is 161 Å². The molecule has 3 rings (SSSR count). The van der Waals surface area contributed by atoms with Crippen LogP contribution in [0, 0.1) is 6.92 Å². The molecular formula is C21H22BrNO3. The maximum atomic E-state index is 10.9. The third-order valence-electron chi connectivity index (χ3n) is 4.69. The van der Waals surface area contributed by atoms with Crippen molar-refractivity contribution < 1.29 is 14.6 Å². The molecule has 5 heteroatoms. The van der Waals surface area contributed by atoms with E-state index in [9.17, 15) is 4.79 Å². The summed E-state index contributed by atoms with van der Waals surface area (Å²) in [4.78, 5) is 14.3. The summed E-state index contributed by atoms with van der Waals surface area (Å²) >= 11 is 3.51. The predicted molar refractivity (Wildman–Crippen MR) is 107 cm³/mol. The van der Waals surface area contributed by atoms with E-state index >= 15 is 0 Å². The highest BCUT2D eigenvalue weighted by Gasteiger charge is 2.14. The summed E-state index contributed by atoms with van der Waals surface area (Å²) in [6.45, 7) is 6.33. The third-order valence-corrected chi connectivity index (χ3v) is 5.28. The highest BCUT2D eigenvalue weighted by atomic mass is 79.9. The molecule has 0 bridgehead atoms. The van der Waals surface area contributed by atoms with Gasteiger partial charge in [-0.25, -0.2) is 0 Å². The maximum absolute atomic E-state index is 10.9. The zero-order valence-corrected chi connectivity index (χ0v) is 16.7. The molecule has 2 aromatic carbocycles. The molecule has 3 aromatic rings. The highest BCUT2D eigenvalue weighted by molar-refractivity contribution is 9.10. The van der Waals surface area contributed by atoms with Crippen molar-refractivity contribution in [3.05, 3.63) is 57.7 Å². The monoisotopic (exact) mass is 415 g/mol. The minimum Gasteiger partial charge on any atom is -0.481 e. The number of ether oxygens (including phenoxy) is 1. The van der Waals surface area contributed by atoms with Gasteiger partial charge >= 0.3 is 5.97 Å². The van der Waals surface area contributed by atoms with E-state index in [1.54, 1.807) is 6.07 Å². The van der Waals surface area contributed by atoms with Gasteiger partial charge in [-0.1, -0.05) is 19.9 Å². The van der Waals surface area contributed by atoms with Crippen LogP contribution in [0.5, 0.6) is 11.5 Å². The van der Waals surface area contributed by atoms with Crippen molar-refractivity contribution in [3.8, 4) is 11.5 Å². The van der Waals surface area contributed by atoms with Gasteiger partial charge in [0.15, 0.2) is 0 Å². The molecule has 0 saturated carbocycles. The molecule has 0 spiro atoms. The van der Waals surface area contributed by atoms with Gasteiger partial charge in [-0.3, -0.25) is 4.79 Å². The van der Waals surface area contributed by atoms with E-state index in [0.717, 1.165) is 33.3 Å². The number of aromatic amines is 1. The van der Waals surface area contributed by atoms with Crippen LogP contribution in [0.2, 0.25) is 0 Å². The van der Waals surface area contributed by atoms with E-state index in [2.05, 4.69) is 47.0 Å². The van der Waals surface area contributed by atoms with E-state index in [-0.39, 0.29) is 6.42 Å². The number of H-pyrrole nitrogens is 1. The summed E-state index contributed by atoms with van der Waals surface area (Å²) in [6.07, 6.45) is 3.14. The lowest BCUT2D eigenvalue weighted by molar-refractivity contribution is -0.136. The van der Waals surface area contributed by atoms with Crippen molar-refractivity contribution in [1.29, 1.82) is 0 Å². The Morgan fingerprint density at radius 3 is 2.73 bits per heavy atom. The van der Waals surface area contributed by atoms with Gasteiger partial charge in [0.05, 0.1) is 10.9 Å². The Bertz CT molecular complexity index is 938. The van der Waals surface area contributed by atoms with E-state index in [1.807, 2.05) is 25.1 Å². The Morgan fingerprint density at radius 2 is 2.08 bits per heavy atom. The summed E-state index contributed by atoms with van der Waals surface area (Å²) < 4.78 is 6.89. The van der Waals surface area contributed by atoms with Gasteiger partial charge in [-0.2, -0.15) is 0 Å². The second-order valence-corrected chi connectivity index (χ2v) is 7.51. The zero-order chi connectivity index (χ0) is 18.8. The Balaban J connectivity index is 1.95. The molecule has 1 heterocycles. The third kappa shape index (κ3) is 3.78.